The van der Waals surface area contributed by atoms with E-state index >= 15 is 0 Å². The molecule has 0 saturated heterocycles. The zero-order chi connectivity index (χ0) is 18.4. The lowest BCUT2D eigenvalue weighted by Crippen LogP contribution is -2.32. The van der Waals surface area contributed by atoms with Crippen molar-refractivity contribution in [3.8, 4) is 11.5 Å². The smallest absolute Gasteiger partial charge is 0.239 e. The van der Waals surface area contributed by atoms with Crippen molar-refractivity contribution < 1.29 is 14.3 Å². The molecular formula is C20H26N2O3. The quantitative estimate of drug-likeness (QED) is 0.807. The molecular weight excluding hydrogens is 316 g/mol. The molecule has 2 rings (SSSR count). The highest BCUT2D eigenvalue weighted by atomic mass is 16.5. The summed E-state index contributed by atoms with van der Waals surface area (Å²) in [5, 5.41) is 6.22. The Morgan fingerprint density at radius 1 is 1.08 bits per heavy atom. The van der Waals surface area contributed by atoms with Gasteiger partial charge < -0.3 is 20.1 Å². The van der Waals surface area contributed by atoms with E-state index in [1.54, 1.807) is 14.2 Å². The van der Waals surface area contributed by atoms with Gasteiger partial charge in [-0.2, -0.15) is 0 Å². The molecule has 0 bridgehead atoms. The van der Waals surface area contributed by atoms with Crippen molar-refractivity contribution in [3.05, 3.63) is 53.1 Å². The second-order valence-corrected chi connectivity index (χ2v) is 6.02. The molecule has 1 unspecified atom stereocenters. The van der Waals surface area contributed by atoms with Crippen molar-refractivity contribution >= 4 is 11.6 Å². The highest BCUT2D eigenvalue weighted by molar-refractivity contribution is 5.81. The SMILES string of the molecule is COc1ccc(C(C)NC(=O)CNc2c(C)cccc2C)c(OC)c1. The number of carbonyl (C=O) groups is 1. The average molecular weight is 342 g/mol. The van der Waals surface area contributed by atoms with Crippen LogP contribution >= 0.6 is 0 Å². The first kappa shape index (κ1) is 18.6. The van der Waals surface area contributed by atoms with Gasteiger partial charge in [-0.05, 0) is 44.0 Å². The molecule has 0 saturated carbocycles. The number of aryl methyl sites for hydroxylation is 2. The lowest BCUT2D eigenvalue weighted by molar-refractivity contribution is -0.120. The molecule has 0 spiro atoms. The lowest BCUT2D eigenvalue weighted by atomic mass is 10.1. The van der Waals surface area contributed by atoms with Gasteiger partial charge in [0.1, 0.15) is 11.5 Å². The van der Waals surface area contributed by atoms with Crippen LogP contribution in [0.5, 0.6) is 11.5 Å². The fraction of sp³-hybridized carbons (Fsp3) is 0.350. The van der Waals surface area contributed by atoms with Gasteiger partial charge in [0.2, 0.25) is 5.91 Å². The molecule has 2 N–H and O–H groups in total. The summed E-state index contributed by atoms with van der Waals surface area (Å²) in [4.78, 5) is 12.3. The second kappa shape index (κ2) is 8.42. The third-order valence-electron chi connectivity index (χ3n) is 4.19. The van der Waals surface area contributed by atoms with Crippen molar-refractivity contribution in [1.29, 1.82) is 0 Å². The van der Waals surface area contributed by atoms with Crippen LogP contribution in [0, 0.1) is 13.8 Å². The number of hydrogen-bond donors (Lipinski definition) is 2. The Balaban J connectivity index is 2.01. The molecule has 5 heteroatoms. The summed E-state index contributed by atoms with van der Waals surface area (Å²) in [6, 6.07) is 11.5. The van der Waals surface area contributed by atoms with Gasteiger partial charge >= 0.3 is 0 Å². The first-order chi connectivity index (χ1) is 12.0. The van der Waals surface area contributed by atoms with E-state index in [-0.39, 0.29) is 18.5 Å². The highest BCUT2D eigenvalue weighted by Crippen LogP contribution is 2.29. The van der Waals surface area contributed by atoms with Crippen molar-refractivity contribution in [2.24, 2.45) is 0 Å². The van der Waals surface area contributed by atoms with Crippen LogP contribution in [0.1, 0.15) is 29.7 Å². The summed E-state index contributed by atoms with van der Waals surface area (Å²) in [5.41, 5.74) is 4.16. The molecule has 2 aromatic carbocycles. The van der Waals surface area contributed by atoms with Gasteiger partial charge in [-0.15, -0.1) is 0 Å². The number of hydrogen-bond acceptors (Lipinski definition) is 4. The summed E-state index contributed by atoms with van der Waals surface area (Å²) in [6.07, 6.45) is 0. The number of benzene rings is 2. The number of para-hydroxylation sites is 1. The Hall–Kier alpha value is -2.69. The summed E-state index contributed by atoms with van der Waals surface area (Å²) < 4.78 is 10.6. The number of methoxy groups -OCH3 is 2. The summed E-state index contributed by atoms with van der Waals surface area (Å²) >= 11 is 0. The van der Waals surface area contributed by atoms with E-state index in [4.69, 9.17) is 9.47 Å². The highest BCUT2D eigenvalue weighted by Gasteiger charge is 2.15. The van der Waals surface area contributed by atoms with Crippen LogP contribution in [0.25, 0.3) is 0 Å². The topological polar surface area (TPSA) is 59.6 Å². The maximum absolute atomic E-state index is 12.3. The predicted molar refractivity (Wildman–Crippen MR) is 101 cm³/mol. The zero-order valence-electron chi connectivity index (χ0n) is 15.5. The molecule has 0 radical (unpaired) electrons. The van der Waals surface area contributed by atoms with E-state index < -0.39 is 0 Å². The van der Waals surface area contributed by atoms with E-state index in [0.717, 1.165) is 28.1 Å². The molecule has 2 aromatic rings. The minimum Gasteiger partial charge on any atom is -0.497 e. The van der Waals surface area contributed by atoms with E-state index in [0.29, 0.717) is 5.75 Å². The summed E-state index contributed by atoms with van der Waals surface area (Å²) in [5.74, 6) is 1.33. The summed E-state index contributed by atoms with van der Waals surface area (Å²) in [7, 11) is 3.22. The largest absolute Gasteiger partial charge is 0.497 e. The van der Waals surface area contributed by atoms with Gasteiger partial charge in [-0.3, -0.25) is 4.79 Å². The maximum Gasteiger partial charge on any atom is 0.239 e. The summed E-state index contributed by atoms with van der Waals surface area (Å²) in [6.45, 7) is 6.20. The molecule has 0 aliphatic heterocycles. The van der Waals surface area contributed by atoms with Gasteiger partial charge in [0, 0.05) is 17.3 Å². The van der Waals surface area contributed by atoms with Crippen molar-refractivity contribution in [2.75, 3.05) is 26.1 Å². The van der Waals surface area contributed by atoms with Crippen LogP contribution in [0.4, 0.5) is 5.69 Å². The molecule has 0 aliphatic carbocycles. The third-order valence-corrected chi connectivity index (χ3v) is 4.19. The molecule has 5 nitrogen and oxygen atoms in total. The van der Waals surface area contributed by atoms with E-state index in [1.807, 2.05) is 57.2 Å². The third kappa shape index (κ3) is 4.66. The molecule has 1 atom stereocenters. The number of ether oxygens (including phenoxy) is 2. The van der Waals surface area contributed by atoms with Crippen molar-refractivity contribution in [3.63, 3.8) is 0 Å². The first-order valence-corrected chi connectivity index (χ1v) is 8.27. The van der Waals surface area contributed by atoms with Crippen LogP contribution in [-0.4, -0.2) is 26.7 Å². The van der Waals surface area contributed by atoms with Crippen molar-refractivity contribution in [2.45, 2.75) is 26.8 Å². The Morgan fingerprint density at radius 2 is 1.76 bits per heavy atom. The molecule has 0 fully saturated rings. The number of anilines is 1. The monoisotopic (exact) mass is 342 g/mol. The van der Waals surface area contributed by atoms with Crippen LogP contribution in [0.15, 0.2) is 36.4 Å². The molecule has 0 aromatic heterocycles. The molecule has 0 heterocycles. The standard InChI is InChI=1S/C20H26N2O3/c1-13-7-6-8-14(2)20(13)21-12-19(23)22-15(3)17-10-9-16(24-4)11-18(17)25-5/h6-11,15,21H,12H2,1-5H3,(H,22,23). The van der Waals surface area contributed by atoms with Crippen LogP contribution < -0.4 is 20.1 Å². The van der Waals surface area contributed by atoms with E-state index in [2.05, 4.69) is 10.6 Å². The molecule has 25 heavy (non-hydrogen) atoms. The minimum atomic E-state index is -0.173. The Labute approximate surface area is 149 Å². The second-order valence-electron chi connectivity index (χ2n) is 6.02. The van der Waals surface area contributed by atoms with Crippen LogP contribution in [0.2, 0.25) is 0 Å². The van der Waals surface area contributed by atoms with Gasteiger partial charge in [0.15, 0.2) is 0 Å². The lowest BCUT2D eigenvalue weighted by Gasteiger charge is -2.19. The fourth-order valence-corrected chi connectivity index (χ4v) is 2.81. The average Bonchev–Trinajstić information content (AvgIpc) is 2.60. The molecule has 1 amide bonds. The van der Waals surface area contributed by atoms with Gasteiger partial charge in [0.05, 0.1) is 26.8 Å². The predicted octanol–water partition coefficient (Wildman–Crippen LogP) is 3.61. The fourth-order valence-electron chi connectivity index (χ4n) is 2.81. The Morgan fingerprint density at radius 3 is 2.36 bits per heavy atom. The van der Waals surface area contributed by atoms with Crippen LogP contribution in [-0.2, 0) is 4.79 Å². The Kier molecular flexibility index (Phi) is 6.28. The number of carbonyl (C=O) groups excluding carboxylic acids is 1. The minimum absolute atomic E-state index is 0.0759. The molecule has 134 valence electrons. The van der Waals surface area contributed by atoms with Gasteiger partial charge in [-0.1, -0.05) is 18.2 Å². The van der Waals surface area contributed by atoms with Crippen LogP contribution in [0.3, 0.4) is 0 Å². The van der Waals surface area contributed by atoms with Crippen molar-refractivity contribution in [1.82, 2.24) is 5.32 Å². The number of nitrogens with one attached hydrogen (secondary N) is 2. The van der Waals surface area contributed by atoms with Gasteiger partial charge in [-0.25, -0.2) is 0 Å². The number of rotatable bonds is 7. The van der Waals surface area contributed by atoms with E-state index in [1.165, 1.54) is 0 Å². The first-order valence-electron chi connectivity index (χ1n) is 8.27. The maximum atomic E-state index is 12.3. The molecule has 0 aliphatic rings. The normalized spacial score (nSPS) is 11.6. The van der Waals surface area contributed by atoms with E-state index in [9.17, 15) is 4.79 Å². The Bertz CT molecular complexity index is 723. The zero-order valence-corrected chi connectivity index (χ0v) is 15.5. The number of amides is 1. The van der Waals surface area contributed by atoms with Gasteiger partial charge in [0.25, 0.3) is 0 Å².